The van der Waals surface area contributed by atoms with Gasteiger partial charge in [-0.05, 0) is 103 Å². The van der Waals surface area contributed by atoms with Crippen LogP contribution in [0.2, 0.25) is 0 Å². The van der Waals surface area contributed by atoms with Crippen LogP contribution in [-0.2, 0) is 32.7 Å². The average molecular weight is 898 g/mol. The average Bonchev–Trinajstić information content (AvgIpc) is 3.26. The van der Waals surface area contributed by atoms with E-state index in [2.05, 4.69) is 135 Å². The maximum Gasteiger partial charge on any atom is 0.472 e. The number of hydrogen-bond donors (Lipinski definition) is 3. The van der Waals surface area contributed by atoms with Crippen molar-refractivity contribution < 1.29 is 42.7 Å². The van der Waals surface area contributed by atoms with Crippen LogP contribution < -0.4 is 5.73 Å². The molecule has 0 aromatic carbocycles. The summed E-state index contributed by atoms with van der Waals surface area (Å²) in [4.78, 5) is 33.6. The quantitative estimate of drug-likeness (QED) is 0.0233. The van der Waals surface area contributed by atoms with Gasteiger partial charge in [0, 0.05) is 13.0 Å². The number of allylic oxidation sites excluding steroid dienone is 20. The standard InChI is InChI=1S/C52H84NO9P/c1-3-5-7-9-11-13-15-17-19-21-23-24-25-26-27-28-30-32-34-36-38-40-42-44-51(54)62-49(47-60-63(57,58)61-48-50(53)52(55)56)46-59-45-43-41-39-37-35-33-31-29-22-20-18-16-14-12-10-8-6-4-2/h5-8,11-14,17-20,23-24,26-27,29,31,35,37,49-50H,3-4,9-10,15-16,21-22,25,28,30,32-34,36,38-48,53H2,1-2H3,(H,55,56)(H,57,58)/b7-5-,8-6-,13-11-,14-12-,19-17-,20-18-,24-23-,27-26-,31-29-,37-35-. The zero-order valence-electron chi connectivity index (χ0n) is 38.9. The first-order valence-corrected chi connectivity index (χ1v) is 25.1. The number of carboxylic acids is 1. The van der Waals surface area contributed by atoms with Gasteiger partial charge >= 0.3 is 19.8 Å². The van der Waals surface area contributed by atoms with Crippen LogP contribution >= 0.6 is 7.82 Å². The van der Waals surface area contributed by atoms with E-state index < -0.39 is 45.1 Å². The SMILES string of the molecule is CC/C=C\C/C=C\C/C=C\C/C=C\C/C=C\CCCCCCCCCC(=O)OC(COCCCC/C=C\C/C=C\C/C=C\C/C=C\C/C=C\CC)COP(=O)(O)OCC(N)C(=O)O. The van der Waals surface area contributed by atoms with E-state index in [1.165, 1.54) is 12.8 Å². The second kappa shape index (κ2) is 46.4. The summed E-state index contributed by atoms with van der Waals surface area (Å²) < 4.78 is 33.4. The van der Waals surface area contributed by atoms with E-state index in [0.717, 1.165) is 116 Å². The summed E-state index contributed by atoms with van der Waals surface area (Å²) in [6.45, 7) is 3.50. The number of carbonyl (C=O) groups excluding carboxylic acids is 1. The van der Waals surface area contributed by atoms with Gasteiger partial charge < -0.3 is 25.2 Å². The molecule has 3 unspecified atom stereocenters. The molecule has 0 aliphatic rings. The number of phosphoric acid groups is 1. The summed E-state index contributed by atoms with van der Waals surface area (Å²) in [5, 5.41) is 8.92. The lowest BCUT2D eigenvalue weighted by molar-refractivity contribution is -0.154. The molecule has 4 N–H and O–H groups in total. The Hall–Kier alpha value is -3.63. The number of unbranched alkanes of at least 4 members (excludes halogenated alkanes) is 9. The molecule has 0 aliphatic heterocycles. The molecule has 11 heteroatoms. The lowest BCUT2D eigenvalue weighted by atomic mass is 10.1. The highest BCUT2D eigenvalue weighted by Gasteiger charge is 2.27. The molecular formula is C52H84NO9P. The lowest BCUT2D eigenvalue weighted by Crippen LogP contribution is -2.34. The Kier molecular flexibility index (Phi) is 43.7. The maximum atomic E-state index is 12.7. The minimum atomic E-state index is -4.65. The van der Waals surface area contributed by atoms with Crippen LogP contribution in [0.3, 0.4) is 0 Å². The molecule has 0 saturated carbocycles. The number of esters is 1. The smallest absolute Gasteiger partial charge is 0.472 e. The molecule has 0 heterocycles. The number of carboxylic acid groups (broad SMARTS) is 1. The molecule has 0 radical (unpaired) electrons. The molecule has 0 bridgehead atoms. The summed E-state index contributed by atoms with van der Waals surface area (Å²) in [5.74, 6) is -1.82. The van der Waals surface area contributed by atoms with Crippen molar-refractivity contribution in [2.24, 2.45) is 5.73 Å². The minimum Gasteiger partial charge on any atom is -0.480 e. The van der Waals surface area contributed by atoms with Crippen molar-refractivity contribution in [1.82, 2.24) is 0 Å². The zero-order valence-corrected chi connectivity index (χ0v) is 39.8. The number of phosphoric ester groups is 1. The topological polar surface area (TPSA) is 155 Å². The largest absolute Gasteiger partial charge is 0.480 e. The van der Waals surface area contributed by atoms with Crippen molar-refractivity contribution in [3.05, 3.63) is 122 Å². The third kappa shape index (κ3) is 46.2. The third-order valence-corrected chi connectivity index (χ3v) is 10.2. The van der Waals surface area contributed by atoms with Crippen LogP contribution in [0, 0.1) is 0 Å². The summed E-state index contributed by atoms with van der Waals surface area (Å²) in [6.07, 6.45) is 64.0. The van der Waals surface area contributed by atoms with E-state index >= 15 is 0 Å². The predicted molar refractivity (Wildman–Crippen MR) is 262 cm³/mol. The molecule has 0 amide bonds. The van der Waals surface area contributed by atoms with E-state index in [1.807, 2.05) is 0 Å². The van der Waals surface area contributed by atoms with Gasteiger partial charge in [0.1, 0.15) is 12.1 Å². The van der Waals surface area contributed by atoms with Gasteiger partial charge in [-0.1, -0.05) is 167 Å². The second-order valence-electron chi connectivity index (χ2n) is 15.1. The first-order chi connectivity index (χ1) is 30.7. The summed E-state index contributed by atoms with van der Waals surface area (Å²) in [6, 6.07) is -1.49. The van der Waals surface area contributed by atoms with E-state index in [9.17, 15) is 19.0 Å². The van der Waals surface area contributed by atoms with Crippen LogP contribution in [0.25, 0.3) is 0 Å². The van der Waals surface area contributed by atoms with Crippen molar-refractivity contribution in [3.8, 4) is 0 Å². The Morgan fingerprint density at radius 3 is 1.30 bits per heavy atom. The van der Waals surface area contributed by atoms with Gasteiger partial charge in [-0.15, -0.1) is 0 Å². The van der Waals surface area contributed by atoms with Gasteiger partial charge in [0.25, 0.3) is 0 Å². The van der Waals surface area contributed by atoms with E-state index in [-0.39, 0.29) is 13.0 Å². The van der Waals surface area contributed by atoms with Crippen molar-refractivity contribution in [2.75, 3.05) is 26.4 Å². The Morgan fingerprint density at radius 1 is 0.508 bits per heavy atom. The summed E-state index contributed by atoms with van der Waals surface area (Å²) >= 11 is 0. The second-order valence-corrected chi connectivity index (χ2v) is 16.6. The van der Waals surface area contributed by atoms with Gasteiger partial charge in [0.05, 0.1) is 19.8 Å². The van der Waals surface area contributed by atoms with E-state index in [1.54, 1.807) is 0 Å². The Labute approximate surface area is 382 Å². The third-order valence-electron chi connectivity index (χ3n) is 9.24. The molecule has 63 heavy (non-hydrogen) atoms. The van der Waals surface area contributed by atoms with Gasteiger partial charge in [0.15, 0.2) is 0 Å². The van der Waals surface area contributed by atoms with Crippen LogP contribution in [-0.4, -0.2) is 60.5 Å². The molecule has 356 valence electrons. The highest BCUT2D eigenvalue weighted by atomic mass is 31.2. The fraction of sp³-hybridized carbons (Fsp3) is 0.577. The predicted octanol–water partition coefficient (Wildman–Crippen LogP) is 13.6. The number of hydrogen-bond acceptors (Lipinski definition) is 8. The minimum absolute atomic E-state index is 0.0261. The number of carbonyl (C=O) groups is 2. The normalized spacial score (nSPS) is 14.9. The van der Waals surface area contributed by atoms with Gasteiger partial charge in [-0.25, -0.2) is 4.57 Å². The zero-order chi connectivity index (χ0) is 46.2. The molecule has 10 nitrogen and oxygen atoms in total. The molecule has 0 fully saturated rings. The summed E-state index contributed by atoms with van der Waals surface area (Å²) in [5.41, 5.74) is 5.36. The molecule has 0 rings (SSSR count). The molecular weight excluding hydrogens is 814 g/mol. The van der Waals surface area contributed by atoms with Gasteiger partial charge in [0.2, 0.25) is 0 Å². The number of nitrogens with two attached hydrogens (primary N) is 1. The van der Waals surface area contributed by atoms with Crippen molar-refractivity contribution in [1.29, 1.82) is 0 Å². The fourth-order valence-corrected chi connectivity index (χ4v) is 6.43. The Balaban J connectivity index is 4.32. The first-order valence-electron chi connectivity index (χ1n) is 23.6. The molecule has 0 aliphatic carbocycles. The molecule has 3 atom stereocenters. The Bertz CT molecular complexity index is 1460. The van der Waals surface area contributed by atoms with Gasteiger partial charge in [-0.3, -0.25) is 18.6 Å². The molecule has 0 aromatic heterocycles. The van der Waals surface area contributed by atoms with Crippen LogP contribution in [0.5, 0.6) is 0 Å². The van der Waals surface area contributed by atoms with Crippen molar-refractivity contribution in [2.45, 2.75) is 167 Å². The monoisotopic (exact) mass is 898 g/mol. The molecule has 0 aromatic rings. The number of rotatable bonds is 43. The number of ether oxygens (including phenoxy) is 2. The highest BCUT2D eigenvalue weighted by molar-refractivity contribution is 7.47. The van der Waals surface area contributed by atoms with Crippen LogP contribution in [0.4, 0.5) is 0 Å². The summed E-state index contributed by atoms with van der Waals surface area (Å²) in [7, 11) is -4.65. The van der Waals surface area contributed by atoms with Crippen LogP contribution in [0.15, 0.2) is 122 Å². The van der Waals surface area contributed by atoms with Crippen molar-refractivity contribution >= 4 is 19.8 Å². The molecule has 0 saturated heterocycles. The van der Waals surface area contributed by atoms with Gasteiger partial charge in [-0.2, -0.15) is 0 Å². The molecule has 0 spiro atoms. The van der Waals surface area contributed by atoms with Crippen LogP contribution in [0.1, 0.15) is 155 Å². The lowest BCUT2D eigenvalue weighted by Gasteiger charge is -2.20. The fourth-order valence-electron chi connectivity index (χ4n) is 5.66. The number of aliphatic carboxylic acids is 1. The van der Waals surface area contributed by atoms with E-state index in [4.69, 9.17) is 29.4 Å². The van der Waals surface area contributed by atoms with Crippen molar-refractivity contribution in [3.63, 3.8) is 0 Å². The highest BCUT2D eigenvalue weighted by Crippen LogP contribution is 2.43. The van der Waals surface area contributed by atoms with E-state index in [0.29, 0.717) is 13.0 Å². The Morgan fingerprint density at radius 2 is 0.873 bits per heavy atom. The first kappa shape index (κ1) is 59.4. The maximum absolute atomic E-state index is 12.7.